The van der Waals surface area contributed by atoms with Gasteiger partial charge in [-0.25, -0.2) is 0 Å². The second-order valence-corrected chi connectivity index (χ2v) is 7.55. The highest BCUT2D eigenvalue weighted by atomic mass is 16.5. The van der Waals surface area contributed by atoms with Crippen LogP contribution in [0.1, 0.15) is 51.9 Å². The number of piperidine rings is 1. The van der Waals surface area contributed by atoms with E-state index in [0.717, 1.165) is 57.8 Å². The van der Waals surface area contributed by atoms with Crippen molar-refractivity contribution in [3.63, 3.8) is 0 Å². The molecule has 23 heavy (non-hydrogen) atoms. The van der Waals surface area contributed by atoms with E-state index in [1.807, 2.05) is 11.8 Å². The molecule has 1 saturated carbocycles. The van der Waals surface area contributed by atoms with Crippen molar-refractivity contribution in [3.8, 4) is 0 Å². The number of hydrogen-bond acceptors (Lipinski definition) is 3. The van der Waals surface area contributed by atoms with Crippen molar-refractivity contribution in [3.05, 3.63) is 0 Å². The number of carbonyl (C=O) groups is 2. The van der Waals surface area contributed by atoms with E-state index in [-0.39, 0.29) is 17.9 Å². The van der Waals surface area contributed by atoms with Crippen molar-refractivity contribution >= 4 is 11.8 Å². The van der Waals surface area contributed by atoms with Crippen LogP contribution in [0.5, 0.6) is 0 Å². The molecular weight excluding hydrogens is 292 g/mol. The van der Waals surface area contributed by atoms with Crippen molar-refractivity contribution < 1.29 is 14.3 Å². The fraction of sp³-hybridized carbons (Fsp3) is 0.889. The van der Waals surface area contributed by atoms with Gasteiger partial charge >= 0.3 is 0 Å². The van der Waals surface area contributed by atoms with E-state index in [1.54, 1.807) is 0 Å². The number of hydrogen-bond donors (Lipinski definition) is 0. The molecule has 3 aliphatic rings. The van der Waals surface area contributed by atoms with E-state index in [2.05, 4.69) is 4.90 Å². The van der Waals surface area contributed by atoms with E-state index >= 15 is 0 Å². The summed E-state index contributed by atoms with van der Waals surface area (Å²) in [6.07, 6.45) is 7.47. The van der Waals surface area contributed by atoms with Crippen molar-refractivity contribution in [2.75, 3.05) is 39.4 Å². The van der Waals surface area contributed by atoms with Gasteiger partial charge in [0, 0.05) is 39.2 Å². The highest BCUT2D eigenvalue weighted by molar-refractivity contribution is 5.78. The third-order valence-electron chi connectivity index (χ3n) is 5.92. The Balaban J connectivity index is 1.51. The fourth-order valence-corrected chi connectivity index (χ4v) is 3.97. The van der Waals surface area contributed by atoms with Crippen LogP contribution in [-0.4, -0.2) is 61.0 Å². The zero-order chi connectivity index (χ0) is 16.3. The maximum Gasteiger partial charge on any atom is 0.248 e. The van der Waals surface area contributed by atoms with Gasteiger partial charge in [-0.2, -0.15) is 0 Å². The molecule has 5 heteroatoms. The molecule has 3 rings (SSSR count). The SMILES string of the molecule is CCOCC(=O)N1CCC2(CCC(=O)N(CC3CC3)CC2)CC1. The molecule has 1 aliphatic carbocycles. The first-order valence-corrected chi connectivity index (χ1v) is 9.25. The number of nitrogens with zero attached hydrogens (tertiary/aromatic N) is 2. The Morgan fingerprint density at radius 1 is 1.17 bits per heavy atom. The molecule has 1 spiro atoms. The Morgan fingerprint density at radius 2 is 1.87 bits per heavy atom. The van der Waals surface area contributed by atoms with E-state index in [9.17, 15) is 9.59 Å². The molecule has 3 fully saturated rings. The minimum absolute atomic E-state index is 0.113. The Kier molecular flexibility index (Phi) is 5.24. The lowest BCUT2D eigenvalue weighted by Crippen LogP contribution is -2.44. The predicted molar refractivity (Wildman–Crippen MR) is 87.9 cm³/mol. The first-order valence-electron chi connectivity index (χ1n) is 9.25. The van der Waals surface area contributed by atoms with Crippen LogP contribution in [0.15, 0.2) is 0 Å². The molecule has 0 unspecified atom stereocenters. The molecule has 2 aliphatic heterocycles. The molecule has 0 atom stereocenters. The Morgan fingerprint density at radius 3 is 2.52 bits per heavy atom. The van der Waals surface area contributed by atoms with E-state index in [4.69, 9.17) is 4.74 Å². The number of ether oxygens (including phenoxy) is 1. The van der Waals surface area contributed by atoms with E-state index in [1.165, 1.54) is 12.8 Å². The average molecular weight is 322 g/mol. The molecule has 130 valence electrons. The van der Waals surface area contributed by atoms with Gasteiger partial charge in [0.05, 0.1) is 0 Å². The Labute approximate surface area is 139 Å². The van der Waals surface area contributed by atoms with Gasteiger partial charge in [-0.15, -0.1) is 0 Å². The standard InChI is InChI=1S/C18H30N2O3/c1-2-23-14-17(22)19-10-7-18(8-11-19)6-5-16(21)20(12-9-18)13-15-3-4-15/h15H,2-14H2,1H3. The zero-order valence-corrected chi connectivity index (χ0v) is 14.4. The maximum absolute atomic E-state index is 12.3. The van der Waals surface area contributed by atoms with E-state index in [0.29, 0.717) is 18.9 Å². The normalized spacial score (nSPS) is 24.8. The summed E-state index contributed by atoms with van der Waals surface area (Å²) in [5.41, 5.74) is 0.274. The second kappa shape index (κ2) is 7.20. The summed E-state index contributed by atoms with van der Waals surface area (Å²) >= 11 is 0. The molecule has 2 saturated heterocycles. The summed E-state index contributed by atoms with van der Waals surface area (Å²) in [6.45, 7) is 6.25. The van der Waals surface area contributed by atoms with Gasteiger partial charge in [-0.3, -0.25) is 9.59 Å². The smallest absolute Gasteiger partial charge is 0.248 e. The highest BCUT2D eigenvalue weighted by Gasteiger charge is 2.39. The van der Waals surface area contributed by atoms with Crippen LogP contribution in [0, 0.1) is 11.3 Å². The summed E-state index contributed by atoms with van der Waals surface area (Å²) in [5, 5.41) is 0. The third-order valence-corrected chi connectivity index (χ3v) is 5.92. The van der Waals surface area contributed by atoms with Crippen LogP contribution in [-0.2, 0) is 14.3 Å². The minimum Gasteiger partial charge on any atom is -0.372 e. The Bertz CT molecular complexity index is 440. The highest BCUT2D eigenvalue weighted by Crippen LogP contribution is 2.42. The summed E-state index contributed by atoms with van der Waals surface area (Å²) in [7, 11) is 0. The van der Waals surface area contributed by atoms with Gasteiger partial charge in [0.15, 0.2) is 0 Å². The first kappa shape index (κ1) is 16.7. The number of amides is 2. The van der Waals surface area contributed by atoms with Crippen molar-refractivity contribution in [2.24, 2.45) is 11.3 Å². The second-order valence-electron chi connectivity index (χ2n) is 7.55. The minimum atomic E-state index is 0.113. The fourth-order valence-electron chi connectivity index (χ4n) is 3.97. The molecule has 2 amide bonds. The van der Waals surface area contributed by atoms with Crippen molar-refractivity contribution in [1.29, 1.82) is 0 Å². The molecule has 5 nitrogen and oxygen atoms in total. The van der Waals surface area contributed by atoms with Gasteiger partial charge in [0.1, 0.15) is 6.61 Å². The summed E-state index contributed by atoms with van der Waals surface area (Å²) < 4.78 is 5.23. The topological polar surface area (TPSA) is 49.9 Å². The molecule has 0 aromatic carbocycles. The molecule has 0 radical (unpaired) electrons. The summed E-state index contributed by atoms with van der Waals surface area (Å²) in [4.78, 5) is 28.5. The van der Waals surface area contributed by atoms with Crippen LogP contribution in [0.25, 0.3) is 0 Å². The zero-order valence-electron chi connectivity index (χ0n) is 14.4. The van der Waals surface area contributed by atoms with Crippen LogP contribution in [0.3, 0.4) is 0 Å². The molecule has 2 heterocycles. The van der Waals surface area contributed by atoms with Crippen LogP contribution in [0.4, 0.5) is 0 Å². The van der Waals surface area contributed by atoms with Gasteiger partial charge in [-0.05, 0) is 56.8 Å². The van der Waals surface area contributed by atoms with Gasteiger partial charge in [0.2, 0.25) is 11.8 Å². The van der Waals surface area contributed by atoms with Crippen LogP contribution in [0.2, 0.25) is 0 Å². The lowest BCUT2D eigenvalue weighted by atomic mass is 9.73. The first-order chi connectivity index (χ1) is 11.1. The number of carbonyl (C=O) groups excluding carboxylic acids is 2. The van der Waals surface area contributed by atoms with Gasteiger partial charge in [-0.1, -0.05) is 0 Å². The number of rotatable bonds is 5. The summed E-state index contributed by atoms with van der Waals surface area (Å²) in [6, 6.07) is 0. The average Bonchev–Trinajstić information content (AvgIpc) is 3.39. The van der Waals surface area contributed by atoms with Gasteiger partial charge in [0.25, 0.3) is 0 Å². The van der Waals surface area contributed by atoms with Crippen molar-refractivity contribution in [1.82, 2.24) is 9.80 Å². The van der Waals surface area contributed by atoms with Crippen molar-refractivity contribution in [2.45, 2.75) is 51.9 Å². The lowest BCUT2D eigenvalue weighted by molar-refractivity contribution is -0.138. The molecule has 0 aromatic heterocycles. The molecular formula is C18H30N2O3. The Hall–Kier alpha value is -1.10. The third kappa shape index (κ3) is 4.25. The molecule has 0 bridgehead atoms. The van der Waals surface area contributed by atoms with Crippen LogP contribution < -0.4 is 0 Å². The largest absolute Gasteiger partial charge is 0.372 e. The monoisotopic (exact) mass is 322 g/mol. The quantitative estimate of drug-likeness (QED) is 0.778. The lowest BCUT2D eigenvalue weighted by Gasteiger charge is -2.41. The summed E-state index contributed by atoms with van der Waals surface area (Å²) in [5.74, 6) is 1.23. The molecule has 0 aromatic rings. The number of likely N-dealkylation sites (tertiary alicyclic amines) is 2. The maximum atomic E-state index is 12.3. The molecule has 0 N–H and O–H groups in total. The van der Waals surface area contributed by atoms with Crippen LogP contribution >= 0.6 is 0 Å². The predicted octanol–water partition coefficient (Wildman–Crippen LogP) is 2.05. The van der Waals surface area contributed by atoms with Gasteiger partial charge < -0.3 is 14.5 Å². The van der Waals surface area contributed by atoms with E-state index < -0.39 is 0 Å².